The zero-order chi connectivity index (χ0) is 12.7. The van der Waals surface area contributed by atoms with Crippen molar-refractivity contribution in [1.82, 2.24) is 0 Å². The lowest BCUT2D eigenvalue weighted by Gasteiger charge is -2.15. The van der Waals surface area contributed by atoms with Gasteiger partial charge >= 0.3 is 12.2 Å². The van der Waals surface area contributed by atoms with E-state index in [4.69, 9.17) is 56.4 Å². The third kappa shape index (κ3) is 3.34. The Morgan fingerprint density at radius 3 is 1.88 bits per heavy atom. The first-order chi connectivity index (χ1) is 7.03. The fourth-order valence-corrected chi connectivity index (χ4v) is 3.08. The Morgan fingerprint density at radius 2 is 1.50 bits per heavy atom. The topological polar surface area (TPSA) is 0 Å². The Bertz CT molecular complexity index is 412. The van der Waals surface area contributed by atoms with Crippen LogP contribution in [0.15, 0.2) is 12.1 Å². The highest BCUT2D eigenvalue weighted by molar-refractivity contribution is 7.69. The number of halogens is 8. The standard InChI is InChI=1S/C7H2Cl5F3Si/c8-5-2-3(16(10,11)12)1-4(6(5)9)7(13,14)15/h1-2H. The molecule has 0 N–H and O–H groups in total. The van der Waals surface area contributed by atoms with Crippen LogP contribution in [0.3, 0.4) is 0 Å². The molecule has 0 saturated carbocycles. The zero-order valence-electron chi connectivity index (χ0n) is 7.18. The summed E-state index contributed by atoms with van der Waals surface area (Å²) >= 11 is 27.8. The Kier molecular flexibility index (Phi) is 4.37. The average molecular weight is 348 g/mol. The quantitative estimate of drug-likeness (QED) is 0.501. The van der Waals surface area contributed by atoms with Gasteiger partial charge in [0.05, 0.1) is 15.6 Å². The Labute approximate surface area is 114 Å². The van der Waals surface area contributed by atoms with Crippen LogP contribution in [0.4, 0.5) is 13.2 Å². The molecule has 0 atom stereocenters. The van der Waals surface area contributed by atoms with Crippen LogP contribution in [0.2, 0.25) is 10.0 Å². The molecule has 9 heteroatoms. The van der Waals surface area contributed by atoms with E-state index in [-0.39, 0.29) is 10.2 Å². The van der Waals surface area contributed by atoms with Gasteiger partial charge in [0, 0.05) is 0 Å². The van der Waals surface area contributed by atoms with Gasteiger partial charge in [-0.15, -0.1) is 33.2 Å². The van der Waals surface area contributed by atoms with E-state index in [1.54, 1.807) is 0 Å². The van der Waals surface area contributed by atoms with Crippen molar-refractivity contribution in [2.24, 2.45) is 0 Å². The molecule has 0 nitrogen and oxygen atoms in total. The average Bonchev–Trinajstić information content (AvgIpc) is 2.05. The van der Waals surface area contributed by atoms with Crippen molar-refractivity contribution < 1.29 is 13.2 Å². The van der Waals surface area contributed by atoms with Crippen LogP contribution >= 0.6 is 56.4 Å². The van der Waals surface area contributed by atoms with Gasteiger partial charge < -0.3 is 0 Å². The molecule has 0 saturated heterocycles. The molecule has 0 aromatic heterocycles. The van der Waals surface area contributed by atoms with Crippen LogP contribution in [0.25, 0.3) is 0 Å². The van der Waals surface area contributed by atoms with E-state index in [1.165, 1.54) is 0 Å². The van der Waals surface area contributed by atoms with Gasteiger partial charge in [-0.3, -0.25) is 0 Å². The highest BCUT2D eigenvalue weighted by Crippen LogP contribution is 2.38. The summed E-state index contributed by atoms with van der Waals surface area (Å²) < 4.78 is 37.6. The second-order valence-electron chi connectivity index (χ2n) is 2.82. The summed E-state index contributed by atoms with van der Waals surface area (Å²) in [5, 5.41) is -0.939. The van der Waals surface area contributed by atoms with Gasteiger partial charge in [0.15, 0.2) is 0 Å². The molecule has 0 aliphatic heterocycles. The molecule has 0 bridgehead atoms. The molecule has 0 amide bonds. The fourth-order valence-electron chi connectivity index (χ4n) is 0.959. The predicted octanol–water partition coefficient (Wildman–Crippen LogP) is 4.87. The summed E-state index contributed by atoms with van der Waals surface area (Å²) in [6, 6.07) is -1.57. The lowest BCUT2D eigenvalue weighted by molar-refractivity contribution is -0.137. The highest BCUT2D eigenvalue weighted by Gasteiger charge is 2.38. The number of hydrogen-bond donors (Lipinski definition) is 0. The van der Waals surface area contributed by atoms with Crippen molar-refractivity contribution in [1.29, 1.82) is 0 Å². The molecule has 1 rings (SSSR count). The van der Waals surface area contributed by atoms with Gasteiger partial charge in [0.25, 0.3) is 0 Å². The van der Waals surface area contributed by atoms with E-state index < -0.39 is 22.8 Å². The Balaban J connectivity index is 3.46. The molecule has 0 spiro atoms. The largest absolute Gasteiger partial charge is 0.417 e. The second kappa shape index (κ2) is 4.75. The zero-order valence-corrected chi connectivity index (χ0v) is 12.0. The number of benzene rings is 1. The normalized spacial score (nSPS) is 13.0. The molecule has 0 heterocycles. The molecule has 90 valence electrons. The summed E-state index contributed by atoms with van der Waals surface area (Å²) in [4.78, 5) is 0. The minimum absolute atomic E-state index is 0.0563. The van der Waals surface area contributed by atoms with E-state index >= 15 is 0 Å². The molecule has 1 aromatic rings. The number of alkyl halides is 3. The SMILES string of the molecule is FC(F)(F)c1cc([Si](Cl)(Cl)Cl)cc(Cl)c1Cl. The van der Waals surface area contributed by atoms with Crippen molar-refractivity contribution in [3.63, 3.8) is 0 Å². The van der Waals surface area contributed by atoms with Crippen molar-refractivity contribution in [3.05, 3.63) is 27.7 Å². The summed E-state index contributed by atoms with van der Waals surface area (Å²) in [7, 11) is 0. The van der Waals surface area contributed by atoms with Gasteiger partial charge in [-0.25, -0.2) is 0 Å². The third-order valence-electron chi connectivity index (χ3n) is 1.66. The van der Waals surface area contributed by atoms with Crippen LogP contribution in [0, 0.1) is 0 Å². The molecular formula is C7H2Cl5F3Si. The van der Waals surface area contributed by atoms with E-state index in [2.05, 4.69) is 0 Å². The molecule has 0 aliphatic carbocycles. The van der Waals surface area contributed by atoms with E-state index in [9.17, 15) is 13.2 Å². The van der Waals surface area contributed by atoms with E-state index in [0.29, 0.717) is 6.07 Å². The Morgan fingerprint density at radius 1 is 1.00 bits per heavy atom. The van der Waals surface area contributed by atoms with Gasteiger partial charge in [-0.1, -0.05) is 23.2 Å². The molecule has 0 aliphatic rings. The van der Waals surface area contributed by atoms with Crippen LogP contribution < -0.4 is 5.19 Å². The number of rotatable bonds is 1. The van der Waals surface area contributed by atoms with Crippen molar-refractivity contribution in [2.45, 2.75) is 6.18 Å². The number of hydrogen-bond acceptors (Lipinski definition) is 0. The van der Waals surface area contributed by atoms with Gasteiger partial charge in [0.1, 0.15) is 0 Å². The first-order valence-corrected chi connectivity index (χ1v) is 9.46. The fraction of sp³-hybridized carbons (Fsp3) is 0.143. The minimum Gasteiger partial charge on any atom is -0.166 e. The smallest absolute Gasteiger partial charge is 0.166 e. The molecule has 0 unspecified atom stereocenters. The minimum atomic E-state index is -4.64. The molecule has 0 fully saturated rings. The van der Waals surface area contributed by atoms with Crippen molar-refractivity contribution in [3.8, 4) is 0 Å². The molecular weight excluding hydrogens is 346 g/mol. The summed E-state index contributed by atoms with van der Waals surface area (Å²) in [6.45, 7) is 0. The lowest BCUT2D eigenvalue weighted by atomic mass is 10.2. The van der Waals surface area contributed by atoms with Crippen molar-refractivity contribution in [2.75, 3.05) is 0 Å². The summed E-state index contributed by atoms with van der Waals surface area (Å²) in [5.74, 6) is 0. The summed E-state index contributed by atoms with van der Waals surface area (Å²) in [6.07, 6.45) is -4.64. The second-order valence-corrected chi connectivity index (χ2v) is 12.0. The van der Waals surface area contributed by atoms with Crippen LogP contribution in [0.1, 0.15) is 5.56 Å². The first kappa shape index (κ1) is 14.7. The molecule has 1 aromatic carbocycles. The maximum Gasteiger partial charge on any atom is 0.417 e. The monoisotopic (exact) mass is 346 g/mol. The predicted molar refractivity (Wildman–Crippen MR) is 64.4 cm³/mol. The first-order valence-electron chi connectivity index (χ1n) is 3.67. The molecule has 16 heavy (non-hydrogen) atoms. The van der Waals surface area contributed by atoms with Crippen LogP contribution in [-0.4, -0.2) is 6.00 Å². The van der Waals surface area contributed by atoms with Crippen LogP contribution in [-0.2, 0) is 6.18 Å². The van der Waals surface area contributed by atoms with Crippen molar-refractivity contribution >= 4 is 67.6 Å². The van der Waals surface area contributed by atoms with E-state index in [1.807, 2.05) is 0 Å². The summed E-state index contributed by atoms with van der Waals surface area (Å²) in [5.41, 5.74) is -1.10. The highest BCUT2D eigenvalue weighted by atomic mass is 35.8. The van der Waals surface area contributed by atoms with Gasteiger partial charge in [-0.2, -0.15) is 13.2 Å². The maximum absolute atomic E-state index is 12.5. The third-order valence-corrected chi connectivity index (χ3v) is 5.37. The van der Waals surface area contributed by atoms with Gasteiger partial charge in [0.2, 0.25) is 0 Å². The van der Waals surface area contributed by atoms with Crippen LogP contribution in [0.5, 0.6) is 0 Å². The Hall–Kier alpha value is 0.677. The van der Waals surface area contributed by atoms with E-state index in [0.717, 1.165) is 6.07 Å². The maximum atomic E-state index is 12.5. The van der Waals surface area contributed by atoms with Gasteiger partial charge in [-0.05, 0) is 17.3 Å². The molecule has 0 radical (unpaired) electrons. The lowest BCUT2D eigenvalue weighted by Crippen LogP contribution is -2.31.